The van der Waals surface area contributed by atoms with Crippen molar-refractivity contribution in [2.45, 2.75) is 57.0 Å². The van der Waals surface area contributed by atoms with Crippen molar-refractivity contribution in [1.82, 2.24) is 0 Å². The van der Waals surface area contributed by atoms with Crippen molar-refractivity contribution in [3.63, 3.8) is 0 Å². The lowest BCUT2D eigenvalue weighted by atomic mass is 9.66. The molecule has 88 valence electrons. The second-order valence-corrected chi connectivity index (χ2v) is 5.86. The summed E-state index contributed by atoms with van der Waals surface area (Å²) in [6.45, 7) is 0.945. The summed E-state index contributed by atoms with van der Waals surface area (Å²) in [5.41, 5.74) is 1.50. The number of allylic oxidation sites excluding steroid dienone is 2. The maximum atomic E-state index is 10.8. The Kier molecular flexibility index (Phi) is 2.43. The van der Waals surface area contributed by atoms with Crippen molar-refractivity contribution in [1.29, 1.82) is 0 Å². The van der Waals surface area contributed by atoms with E-state index >= 15 is 0 Å². The first-order valence-corrected chi connectivity index (χ1v) is 6.57. The topological polar surface area (TPSA) is 26.3 Å². The Hall–Kier alpha value is -0.630. The van der Waals surface area contributed by atoms with Gasteiger partial charge in [-0.1, -0.05) is 6.08 Å². The summed E-state index contributed by atoms with van der Waals surface area (Å²) in [5.74, 6) is 0. The standard InChI is InChI=1S/C14H20O2/c15-10-12-3-7-13(9-12)4-1-5-14(11-13)6-2-8-16-14/h9-10H,1-8,11H2. The van der Waals surface area contributed by atoms with Gasteiger partial charge in [0.2, 0.25) is 0 Å². The van der Waals surface area contributed by atoms with Gasteiger partial charge in [0.25, 0.3) is 0 Å². The smallest absolute Gasteiger partial charge is 0.145 e. The molecular weight excluding hydrogens is 200 g/mol. The molecule has 1 heterocycles. The highest BCUT2D eigenvalue weighted by Gasteiger charge is 2.47. The van der Waals surface area contributed by atoms with Gasteiger partial charge in [0.05, 0.1) is 5.60 Å². The summed E-state index contributed by atoms with van der Waals surface area (Å²) in [6, 6.07) is 0. The lowest BCUT2D eigenvalue weighted by molar-refractivity contribution is -0.105. The van der Waals surface area contributed by atoms with Crippen LogP contribution in [0.4, 0.5) is 0 Å². The number of hydrogen-bond acceptors (Lipinski definition) is 2. The summed E-state index contributed by atoms with van der Waals surface area (Å²) >= 11 is 0. The molecule has 2 aliphatic carbocycles. The molecule has 3 aliphatic rings. The monoisotopic (exact) mass is 220 g/mol. The van der Waals surface area contributed by atoms with Crippen LogP contribution in [0.25, 0.3) is 0 Å². The number of rotatable bonds is 1. The van der Waals surface area contributed by atoms with Crippen LogP contribution in [-0.4, -0.2) is 18.5 Å². The molecule has 1 saturated carbocycles. The molecule has 0 amide bonds. The zero-order valence-electron chi connectivity index (χ0n) is 9.84. The van der Waals surface area contributed by atoms with Crippen molar-refractivity contribution >= 4 is 6.29 Å². The summed E-state index contributed by atoms with van der Waals surface area (Å²) in [7, 11) is 0. The molecule has 0 aromatic carbocycles. The highest BCUT2D eigenvalue weighted by molar-refractivity contribution is 5.74. The van der Waals surface area contributed by atoms with Gasteiger partial charge in [0.15, 0.2) is 0 Å². The Balaban J connectivity index is 1.82. The van der Waals surface area contributed by atoms with Crippen molar-refractivity contribution in [3.8, 4) is 0 Å². The highest BCUT2D eigenvalue weighted by atomic mass is 16.5. The Morgan fingerprint density at radius 3 is 2.75 bits per heavy atom. The molecule has 2 spiro atoms. The molecule has 0 N–H and O–H groups in total. The molecular formula is C14H20O2. The fourth-order valence-electron chi connectivity index (χ4n) is 4.03. The van der Waals surface area contributed by atoms with E-state index in [1.807, 2.05) is 0 Å². The zero-order chi connectivity index (χ0) is 11.1. The Bertz CT molecular complexity index is 326. The van der Waals surface area contributed by atoms with E-state index in [1.165, 1.54) is 38.5 Å². The molecule has 2 fully saturated rings. The normalized spacial score (nSPS) is 42.9. The minimum absolute atomic E-state index is 0.174. The van der Waals surface area contributed by atoms with E-state index in [9.17, 15) is 4.79 Å². The molecule has 1 aliphatic heterocycles. The first kappa shape index (κ1) is 10.5. The van der Waals surface area contributed by atoms with Crippen molar-refractivity contribution in [2.24, 2.45) is 5.41 Å². The van der Waals surface area contributed by atoms with Gasteiger partial charge in [0.1, 0.15) is 6.29 Å². The predicted molar refractivity (Wildman–Crippen MR) is 62.2 cm³/mol. The number of hydrogen-bond donors (Lipinski definition) is 0. The molecule has 2 atom stereocenters. The molecule has 3 rings (SSSR count). The summed E-state index contributed by atoms with van der Waals surface area (Å²) in [5, 5.41) is 0. The maximum Gasteiger partial charge on any atom is 0.145 e. The van der Waals surface area contributed by atoms with Gasteiger partial charge >= 0.3 is 0 Å². The lowest BCUT2D eigenvalue weighted by Crippen LogP contribution is -2.39. The van der Waals surface area contributed by atoms with Gasteiger partial charge in [-0.3, -0.25) is 4.79 Å². The molecule has 2 heteroatoms. The molecule has 0 aromatic rings. The van der Waals surface area contributed by atoms with E-state index in [1.54, 1.807) is 0 Å². The summed E-state index contributed by atoms with van der Waals surface area (Å²) in [4.78, 5) is 10.8. The fourth-order valence-corrected chi connectivity index (χ4v) is 4.03. The van der Waals surface area contributed by atoms with Crippen LogP contribution < -0.4 is 0 Å². The average molecular weight is 220 g/mol. The van der Waals surface area contributed by atoms with Crippen LogP contribution in [-0.2, 0) is 9.53 Å². The summed E-state index contributed by atoms with van der Waals surface area (Å²) in [6.07, 6.45) is 12.9. The number of aldehydes is 1. The second kappa shape index (κ2) is 3.69. The van der Waals surface area contributed by atoms with Crippen LogP contribution in [0.1, 0.15) is 51.4 Å². The lowest BCUT2D eigenvalue weighted by Gasteiger charge is -2.43. The van der Waals surface area contributed by atoms with Crippen molar-refractivity contribution in [3.05, 3.63) is 11.6 Å². The first-order valence-electron chi connectivity index (χ1n) is 6.57. The quantitative estimate of drug-likeness (QED) is 0.635. The van der Waals surface area contributed by atoms with Gasteiger partial charge in [0, 0.05) is 6.61 Å². The van der Waals surface area contributed by atoms with Crippen LogP contribution in [0.2, 0.25) is 0 Å². The third-order valence-corrected chi connectivity index (χ3v) is 4.72. The third kappa shape index (κ3) is 1.64. The largest absolute Gasteiger partial charge is 0.375 e. The Morgan fingerprint density at radius 2 is 2.06 bits per heavy atom. The van der Waals surface area contributed by atoms with Gasteiger partial charge in [-0.15, -0.1) is 0 Å². The van der Waals surface area contributed by atoms with Gasteiger partial charge in [-0.25, -0.2) is 0 Å². The van der Waals surface area contributed by atoms with E-state index in [0.717, 1.165) is 31.3 Å². The summed E-state index contributed by atoms with van der Waals surface area (Å²) < 4.78 is 6.02. The van der Waals surface area contributed by atoms with Gasteiger partial charge < -0.3 is 4.74 Å². The Labute approximate surface area is 97.1 Å². The number of carbonyl (C=O) groups excluding carboxylic acids is 1. The maximum absolute atomic E-state index is 10.8. The molecule has 0 aromatic heterocycles. The zero-order valence-corrected chi connectivity index (χ0v) is 9.84. The first-order chi connectivity index (χ1) is 7.76. The predicted octanol–water partition coefficient (Wildman–Crippen LogP) is 3.02. The highest BCUT2D eigenvalue weighted by Crippen LogP contribution is 2.53. The molecule has 2 unspecified atom stereocenters. The van der Waals surface area contributed by atoms with Crippen molar-refractivity contribution < 1.29 is 9.53 Å². The fraction of sp³-hybridized carbons (Fsp3) is 0.786. The van der Waals surface area contributed by atoms with Gasteiger partial charge in [-0.2, -0.15) is 0 Å². The third-order valence-electron chi connectivity index (χ3n) is 4.72. The molecule has 16 heavy (non-hydrogen) atoms. The Morgan fingerprint density at radius 1 is 1.19 bits per heavy atom. The van der Waals surface area contributed by atoms with E-state index in [-0.39, 0.29) is 5.60 Å². The number of carbonyl (C=O) groups is 1. The minimum Gasteiger partial charge on any atom is -0.375 e. The van der Waals surface area contributed by atoms with E-state index in [4.69, 9.17) is 4.74 Å². The number of ether oxygens (including phenoxy) is 1. The van der Waals surface area contributed by atoms with Crippen LogP contribution in [0.3, 0.4) is 0 Å². The molecule has 1 saturated heterocycles. The van der Waals surface area contributed by atoms with E-state index < -0.39 is 0 Å². The van der Waals surface area contributed by atoms with Crippen molar-refractivity contribution in [2.75, 3.05) is 6.61 Å². The van der Waals surface area contributed by atoms with Crippen LogP contribution in [0, 0.1) is 5.41 Å². The second-order valence-electron chi connectivity index (χ2n) is 5.86. The minimum atomic E-state index is 0.174. The van der Waals surface area contributed by atoms with E-state index in [0.29, 0.717) is 5.41 Å². The molecule has 2 nitrogen and oxygen atoms in total. The van der Waals surface area contributed by atoms with E-state index in [2.05, 4.69) is 6.08 Å². The van der Waals surface area contributed by atoms with Gasteiger partial charge in [-0.05, 0) is 62.4 Å². The SMILES string of the molecule is O=CC1=CC2(CCCC3(CCCO3)C2)CC1. The van der Waals surface area contributed by atoms with Crippen LogP contribution >= 0.6 is 0 Å². The molecule has 0 radical (unpaired) electrons. The van der Waals surface area contributed by atoms with Crippen LogP contribution in [0.15, 0.2) is 11.6 Å². The molecule has 0 bridgehead atoms. The van der Waals surface area contributed by atoms with Crippen LogP contribution in [0.5, 0.6) is 0 Å². The average Bonchev–Trinajstić information content (AvgIpc) is 2.87.